The molecule has 0 unspecified atom stereocenters. The number of rotatable bonds is 5. The largest absolute Gasteiger partial charge is 0.489 e. The van der Waals surface area contributed by atoms with Gasteiger partial charge in [-0.3, -0.25) is 4.90 Å². The Bertz CT molecular complexity index is 378. The van der Waals surface area contributed by atoms with E-state index in [2.05, 4.69) is 4.90 Å². The van der Waals surface area contributed by atoms with Crippen molar-refractivity contribution in [2.24, 2.45) is 0 Å². The van der Waals surface area contributed by atoms with Gasteiger partial charge in [0.1, 0.15) is 6.61 Å². The van der Waals surface area contributed by atoms with Crippen LogP contribution in [0.1, 0.15) is 12.5 Å². The van der Waals surface area contributed by atoms with Crippen LogP contribution < -0.4 is 4.74 Å². The Morgan fingerprint density at radius 1 is 1.33 bits per heavy atom. The lowest BCUT2D eigenvalue weighted by molar-refractivity contribution is 0.0320. The third kappa shape index (κ3) is 3.68. The summed E-state index contributed by atoms with van der Waals surface area (Å²) >= 11 is 0. The zero-order chi connectivity index (χ0) is 12.8. The minimum Gasteiger partial charge on any atom is -0.489 e. The molecule has 0 saturated carbocycles. The van der Waals surface area contributed by atoms with Crippen molar-refractivity contribution in [2.75, 3.05) is 39.5 Å². The van der Waals surface area contributed by atoms with E-state index in [-0.39, 0.29) is 5.82 Å². The maximum absolute atomic E-state index is 13.5. The topological polar surface area (TPSA) is 21.7 Å². The van der Waals surface area contributed by atoms with E-state index in [1.807, 2.05) is 6.92 Å². The molecular formula is C14H20FNO2. The lowest BCUT2D eigenvalue weighted by Gasteiger charge is -2.26. The fourth-order valence-electron chi connectivity index (χ4n) is 1.99. The maximum Gasteiger partial charge on any atom is 0.165 e. The van der Waals surface area contributed by atoms with Crippen LogP contribution in [0.5, 0.6) is 5.75 Å². The van der Waals surface area contributed by atoms with E-state index in [0.29, 0.717) is 12.4 Å². The van der Waals surface area contributed by atoms with Crippen molar-refractivity contribution >= 4 is 0 Å². The van der Waals surface area contributed by atoms with Crippen molar-refractivity contribution in [2.45, 2.75) is 13.3 Å². The van der Waals surface area contributed by atoms with Gasteiger partial charge in [-0.25, -0.2) is 4.39 Å². The van der Waals surface area contributed by atoms with Gasteiger partial charge in [0.15, 0.2) is 11.6 Å². The van der Waals surface area contributed by atoms with E-state index >= 15 is 0 Å². The van der Waals surface area contributed by atoms with Gasteiger partial charge in [-0.2, -0.15) is 0 Å². The Labute approximate surface area is 107 Å². The SMILES string of the molecule is CCc1ccc(F)c(OCCN2CCOCC2)c1. The van der Waals surface area contributed by atoms with E-state index in [1.165, 1.54) is 6.07 Å². The Kier molecular flexibility index (Phi) is 4.96. The molecule has 1 aliphatic rings. The number of aryl methyl sites for hydroxylation is 1. The highest BCUT2D eigenvalue weighted by Gasteiger charge is 2.10. The van der Waals surface area contributed by atoms with Crippen molar-refractivity contribution in [1.29, 1.82) is 0 Å². The predicted octanol–water partition coefficient (Wildman–Crippen LogP) is 2.10. The van der Waals surface area contributed by atoms with Crippen LogP contribution in [0.25, 0.3) is 0 Å². The summed E-state index contributed by atoms with van der Waals surface area (Å²) in [6, 6.07) is 5.06. The summed E-state index contributed by atoms with van der Waals surface area (Å²) in [5.74, 6) is 0.0804. The second kappa shape index (κ2) is 6.71. The second-order valence-electron chi connectivity index (χ2n) is 4.42. The average molecular weight is 253 g/mol. The van der Waals surface area contributed by atoms with Crippen LogP contribution in [-0.4, -0.2) is 44.4 Å². The molecule has 1 heterocycles. The van der Waals surface area contributed by atoms with Gasteiger partial charge in [0, 0.05) is 19.6 Å². The molecule has 4 heteroatoms. The number of benzene rings is 1. The Hall–Kier alpha value is -1.13. The number of ether oxygens (including phenoxy) is 2. The van der Waals surface area contributed by atoms with Gasteiger partial charge < -0.3 is 9.47 Å². The fraction of sp³-hybridized carbons (Fsp3) is 0.571. The molecule has 3 nitrogen and oxygen atoms in total. The average Bonchev–Trinajstić information content (AvgIpc) is 2.42. The summed E-state index contributed by atoms with van der Waals surface area (Å²) < 4.78 is 24.3. The van der Waals surface area contributed by atoms with Crippen LogP contribution in [0, 0.1) is 5.82 Å². The number of morpholine rings is 1. The van der Waals surface area contributed by atoms with Crippen molar-refractivity contribution in [3.8, 4) is 5.75 Å². The monoisotopic (exact) mass is 253 g/mol. The highest BCUT2D eigenvalue weighted by atomic mass is 19.1. The minimum absolute atomic E-state index is 0.283. The summed E-state index contributed by atoms with van der Waals surface area (Å²) in [5.41, 5.74) is 1.10. The van der Waals surface area contributed by atoms with Crippen molar-refractivity contribution in [1.82, 2.24) is 4.90 Å². The molecule has 1 aromatic rings. The molecule has 1 fully saturated rings. The molecule has 100 valence electrons. The summed E-state index contributed by atoms with van der Waals surface area (Å²) in [5, 5.41) is 0. The minimum atomic E-state index is -0.283. The number of hydrogen-bond acceptors (Lipinski definition) is 3. The van der Waals surface area contributed by atoms with Crippen molar-refractivity contribution < 1.29 is 13.9 Å². The van der Waals surface area contributed by atoms with E-state index in [0.717, 1.165) is 44.8 Å². The highest BCUT2D eigenvalue weighted by molar-refractivity contribution is 5.30. The molecule has 0 aliphatic carbocycles. The molecule has 0 atom stereocenters. The number of hydrogen-bond donors (Lipinski definition) is 0. The smallest absolute Gasteiger partial charge is 0.165 e. The van der Waals surface area contributed by atoms with Gasteiger partial charge in [-0.05, 0) is 24.1 Å². The molecule has 1 aliphatic heterocycles. The van der Waals surface area contributed by atoms with Crippen LogP contribution in [0.4, 0.5) is 4.39 Å². The van der Waals surface area contributed by atoms with Gasteiger partial charge in [0.2, 0.25) is 0 Å². The van der Waals surface area contributed by atoms with Crippen LogP contribution in [-0.2, 0) is 11.2 Å². The molecule has 2 rings (SSSR count). The van der Waals surface area contributed by atoms with Crippen molar-refractivity contribution in [3.63, 3.8) is 0 Å². The molecule has 1 saturated heterocycles. The molecule has 1 aromatic carbocycles. The first-order valence-electron chi connectivity index (χ1n) is 6.51. The quantitative estimate of drug-likeness (QED) is 0.802. The van der Waals surface area contributed by atoms with Gasteiger partial charge in [0.25, 0.3) is 0 Å². The van der Waals surface area contributed by atoms with Crippen LogP contribution >= 0.6 is 0 Å². The van der Waals surface area contributed by atoms with Gasteiger partial charge >= 0.3 is 0 Å². The normalized spacial score (nSPS) is 16.8. The van der Waals surface area contributed by atoms with Gasteiger partial charge in [-0.1, -0.05) is 13.0 Å². The first-order valence-corrected chi connectivity index (χ1v) is 6.51. The molecule has 0 N–H and O–H groups in total. The fourth-order valence-corrected chi connectivity index (χ4v) is 1.99. The standard InChI is InChI=1S/C14H20FNO2/c1-2-12-3-4-13(15)14(11-12)18-10-7-16-5-8-17-9-6-16/h3-4,11H,2,5-10H2,1H3. The molecule has 0 bridgehead atoms. The molecule has 0 aromatic heterocycles. The molecule has 0 spiro atoms. The molecule has 0 amide bonds. The summed E-state index contributed by atoms with van der Waals surface area (Å²) in [7, 11) is 0. The maximum atomic E-state index is 13.5. The zero-order valence-corrected chi connectivity index (χ0v) is 10.8. The summed E-state index contributed by atoms with van der Waals surface area (Å²) in [6.07, 6.45) is 0.889. The molecule has 18 heavy (non-hydrogen) atoms. The Morgan fingerprint density at radius 2 is 2.11 bits per heavy atom. The van der Waals surface area contributed by atoms with Gasteiger partial charge in [-0.15, -0.1) is 0 Å². The second-order valence-corrected chi connectivity index (χ2v) is 4.42. The third-order valence-electron chi connectivity index (χ3n) is 3.17. The van der Waals surface area contributed by atoms with Gasteiger partial charge in [0.05, 0.1) is 13.2 Å². The lowest BCUT2D eigenvalue weighted by atomic mass is 10.1. The highest BCUT2D eigenvalue weighted by Crippen LogP contribution is 2.19. The lowest BCUT2D eigenvalue weighted by Crippen LogP contribution is -2.38. The van der Waals surface area contributed by atoms with Crippen LogP contribution in [0.15, 0.2) is 18.2 Å². The Balaban J connectivity index is 1.81. The Morgan fingerprint density at radius 3 is 2.83 bits per heavy atom. The van der Waals surface area contributed by atoms with E-state index in [4.69, 9.17) is 9.47 Å². The first-order chi connectivity index (χ1) is 8.79. The molecular weight excluding hydrogens is 233 g/mol. The predicted molar refractivity (Wildman–Crippen MR) is 68.5 cm³/mol. The van der Waals surface area contributed by atoms with E-state index in [9.17, 15) is 4.39 Å². The van der Waals surface area contributed by atoms with E-state index < -0.39 is 0 Å². The number of halogens is 1. The van der Waals surface area contributed by atoms with Crippen LogP contribution in [0.3, 0.4) is 0 Å². The van der Waals surface area contributed by atoms with Crippen LogP contribution in [0.2, 0.25) is 0 Å². The summed E-state index contributed by atoms with van der Waals surface area (Å²) in [6.45, 7) is 6.80. The first kappa shape index (κ1) is 13.3. The number of nitrogens with zero attached hydrogens (tertiary/aromatic N) is 1. The third-order valence-corrected chi connectivity index (χ3v) is 3.17. The summed E-state index contributed by atoms with van der Waals surface area (Å²) in [4.78, 5) is 2.27. The van der Waals surface area contributed by atoms with E-state index in [1.54, 1.807) is 12.1 Å². The van der Waals surface area contributed by atoms with Crippen molar-refractivity contribution in [3.05, 3.63) is 29.6 Å². The zero-order valence-electron chi connectivity index (χ0n) is 10.8. The molecule has 0 radical (unpaired) electrons.